The fourth-order valence-corrected chi connectivity index (χ4v) is 2.78. The van der Waals surface area contributed by atoms with Gasteiger partial charge in [-0.15, -0.1) is 0 Å². The predicted octanol–water partition coefficient (Wildman–Crippen LogP) is 2.26. The molecule has 1 aromatic carbocycles. The van der Waals surface area contributed by atoms with Crippen LogP contribution in [0.3, 0.4) is 0 Å². The van der Waals surface area contributed by atoms with Gasteiger partial charge in [-0.05, 0) is 57.4 Å². The maximum atomic E-state index is 12.8. The Hall–Kier alpha value is -1.42. The number of halogens is 1. The first-order valence-corrected chi connectivity index (χ1v) is 7.34. The average molecular weight is 278 g/mol. The first-order chi connectivity index (χ1) is 9.56. The molecule has 2 rings (SSSR count). The molecule has 1 fully saturated rings. The van der Waals surface area contributed by atoms with E-state index in [-0.39, 0.29) is 29.7 Å². The second-order valence-corrected chi connectivity index (χ2v) is 5.73. The topological polar surface area (TPSA) is 41.1 Å². The van der Waals surface area contributed by atoms with Gasteiger partial charge in [0.1, 0.15) is 5.82 Å². The van der Waals surface area contributed by atoms with E-state index in [0.29, 0.717) is 0 Å². The van der Waals surface area contributed by atoms with Gasteiger partial charge < -0.3 is 10.6 Å². The summed E-state index contributed by atoms with van der Waals surface area (Å²) in [6, 6.07) is 6.74. The highest BCUT2D eigenvalue weighted by molar-refractivity contribution is 5.79. The summed E-state index contributed by atoms with van der Waals surface area (Å²) in [4.78, 5) is 12.3. The van der Waals surface area contributed by atoms with Gasteiger partial charge in [0.15, 0.2) is 0 Å². The van der Waals surface area contributed by atoms with Crippen LogP contribution in [0.2, 0.25) is 0 Å². The summed E-state index contributed by atoms with van der Waals surface area (Å²) in [5, 5.41) is 6.41. The highest BCUT2D eigenvalue weighted by Crippen LogP contribution is 2.16. The summed E-state index contributed by atoms with van der Waals surface area (Å²) < 4.78 is 12.8. The number of nitrogens with one attached hydrogen (secondary N) is 2. The zero-order valence-corrected chi connectivity index (χ0v) is 12.2. The van der Waals surface area contributed by atoms with Crippen molar-refractivity contribution in [1.29, 1.82) is 0 Å². The molecule has 4 heteroatoms. The van der Waals surface area contributed by atoms with E-state index < -0.39 is 0 Å². The van der Waals surface area contributed by atoms with E-state index in [0.717, 1.165) is 31.4 Å². The summed E-state index contributed by atoms with van der Waals surface area (Å²) in [6.45, 7) is 5.05. The van der Waals surface area contributed by atoms with Crippen LogP contribution in [0.1, 0.15) is 32.3 Å². The number of carbonyl (C=O) groups is 1. The minimum atomic E-state index is -0.229. The molecule has 1 amide bonds. The first kappa shape index (κ1) is 15.0. The molecule has 3 nitrogen and oxygen atoms in total. The average Bonchev–Trinajstić information content (AvgIpc) is 2.41. The molecule has 0 aliphatic carbocycles. The van der Waals surface area contributed by atoms with Crippen molar-refractivity contribution in [2.45, 2.75) is 45.2 Å². The predicted molar refractivity (Wildman–Crippen MR) is 77.9 cm³/mol. The van der Waals surface area contributed by atoms with E-state index >= 15 is 0 Å². The van der Waals surface area contributed by atoms with Gasteiger partial charge in [-0.25, -0.2) is 4.39 Å². The molecule has 3 atom stereocenters. The van der Waals surface area contributed by atoms with E-state index in [9.17, 15) is 9.18 Å². The molecule has 110 valence electrons. The van der Waals surface area contributed by atoms with Gasteiger partial charge >= 0.3 is 0 Å². The van der Waals surface area contributed by atoms with Crippen molar-refractivity contribution < 1.29 is 9.18 Å². The van der Waals surface area contributed by atoms with Crippen molar-refractivity contribution >= 4 is 5.91 Å². The van der Waals surface area contributed by atoms with Gasteiger partial charge in [-0.1, -0.05) is 12.1 Å². The molecular formula is C16H23FN2O. The molecule has 1 aliphatic heterocycles. The summed E-state index contributed by atoms with van der Waals surface area (Å²) in [7, 11) is 0. The molecule has 3 unspecified atom stereocenters. The van der Waals surface area contributed by atoms with E-state index in [4.69, 9.17) is 0 Å². The molecule has 0 spiro atoms. The first-order valence-electron chi connectivity index (χ1n) is 7.34. The summed E-state index contributed by atoms with van der Waals surface area (Å²) >= 11 is 0. The summed E-state index contributed by atoms with van der Waals surface area (Å²) in [6.07, 6.45) is 2.72. The zero-order valence-electron chi connectivity index (χ0n) is 12.2. The number of carbonyl (C=O) groups excluding carboxylic acids is 1. The molecule has 0 radical (unpaired) electrons. The number of hydrogen-bond acceptors (Lipinski definition) is 2. The third-order valence-corrected chi connectivity index (χ3v) is 3.94. The largest absolute Gasteiger partial charge is 0.353 e. The van der Waals surface area contributed by atoms with Crippen LogP contribution in [0, 0.1) is 11.7 Å². The fourth-order valence-electron chi connectivity index (χ4n) is 2.78. The van der Waals surface area contributed by atoms with Gasteiger partial charge in [0.2, 0.25) is 5.91 Å². The smallest absolute Gasteiger partial charge is 0.224 e. The molecule has 1 saturated heterocycles. The van der Waals surface area contributed by atoms with Gasteiger partial charge in [0, 0.05) is 12.1 Å². The molecule has 0 bridgehead atoms. The number of piperidine rings is 1. The van der Waals surface area contributed by atoms with Crippen LogP contribution in [0.4, 0.5) is 4.39 Å². The van der Waals surface area contributed by atoms with E-state index in [1.807, 2.05) is 6.92 Å². The van der Waals surface area contributed by atoms with Gasteiger partial charge in [0.25, 0.3) is 0 Å². The van der Waals surface area contributed by atoms with Crippen molar-refractivity contribution in [1.82, 2.24) is 10.6 Å². The van der Waals surface area contributed by atoms with Crippen LogP contribution < -0.4 is 10.6 Å². The van der Waals surface area contributed by atoms with Crippen molar-refractivity contribution in [2.24, 2.45) is 5.92 Å². The maximum absolute atomic E-state index is 12.8. The Morgan fingerprint density at radius 3 is 2.80 bits per heavy atom. The Balaban J connectivity index is 1.85. The molecule has 1 aromatic rings. The quantitative estimate of drug-likeness (QED) is 0.887. The highest BCUT2D eigenvalue weighted by atomic mass is 19.1. The lowest BCUT2D eigenvalue weighted by atomic mass is 9.91. The van der Waals surface area contributed by atoms with E-state index in [2.05, 4.69) is 17.6 Å². The molecule has 20 heavy (non-hydrogen) atoms. The number of amides is 1. The van der Waals surface area contributed by atoms with E-state index in [1.165, 1.54) is 12.1 Å². The molecular weight excluding hydrogens is 255 g/mol. The number of rotatable bonds is 4. The second-order valence-electron chi connectivity index (χ2n) is 5.73. The maximum Gasteiger partial charge on any atom is 0.224 e. The van der Waals surface area contributed by atoms with Crippen molar-refractivity contribution in [3.8, 4) is 0 Å². The van der Waals surface area contributed by atoms with Crippen LogP contribution in [0.5, 0.6) is 0 Å². The van der Waals surface area contributed by atoms with E-state index in [1.54, 1.807) is 12.1 Å². The molecule has 0 saturated carbocycles. The standard InChI is InChI=1S/C16H23FN2O/c1-11(10-13-5-7-14(17)8-6-13)19-16(20)15-4-3-9-18-12(15)2/h5-8,11-12,15,18H,3-4,9-10H2,1-2H3,(H,19,20). The Bertz CT molecular complexity index is 446. The Kier molecular flexibility index (Phi) is 5.12. The third kappa shape index (κ3) is 4.04. The number of benzene rings is 1. The van der Waals surface area contributed by atoms with Crippen molar-refractivity contribution in [2.75, 3.05) is 6.54 Å². The van der Waals surface area contributed by atoms with Gasteiger partial charge in [-0.3, -0.25) is 4.79 Å². The lowest BCUT2D eigenvalue weighted by Crippen LogP contribution is -2.48. The minimum absolute atomic E-state index is 0.0550. The summed E-state index contributed by atoms with van der Waals surface area (Å²) in [5.41, 5.74) is 1.04. The summed E-state index contributed by atoms with van der Waals surface area (Å²) in [5.74, 6) is -0.0497. The van der Waals surface area contributed by atoms with Crippen LogP contribution in [-0.4, -0.2) is 24.5 Å². The molecule has 2 N–H and O–H groups in total. The Morgan fingerprint density at radius 2 is 2.15 bits per heavy atom. The fraction of sp³-hybridized carbons (Fsp3) is 0.562. The lowest BCUT2D eigenvalue weighted by Gasteiger charge is -2.30. The molecule has 0 aromatic heterocycles. The van der Waals surface area contributed by atoms with Gasteiger partial charge in [0.05, 0.1) is 5.92 Å². The number of hydrogen-bond donors (Lipinski definition) is 2. The third-order valence-electron chi connectivity index (χ3n) is 3.94. The van der Waals surface area contributed by atoms with Crippen LogP contribution >= 0.6 is 0 Å². The Morgan fingerprint density at radius 1 is 1.45 bits per heavy atom. The normalized spacial score (nSPS) is 24.1. The van der Waals surface area contributed by atoms with Crippen molar-refractivity contribution in [3.63, 3.8) is 0 Å². The Labute approximate surface area is 120 Å². The van der Waals surface area contributed by atoms with Crippen LogP contribution in [-0.2, 0) is 11.2 Å². The van der Waals surface area contributed by atoms with Crippen LogP contribution in [0.15, 0.2) is 24.3 Å². The van der Waals surface area contributed by atoms with Crippen LogP contribution in [0.25, 0.3) is 0 Å². The highest BCUT2D eigenvalue weighted by Gasteiger charge is 2.28. The van der Waals surface area contributed by atoms with Crippen molar-refractivity contribution in [3.05, 3.63) is 35.6 Å². The lowest BCUT2D eigenvalue weighted by molar-refractivity contribution is -0.127. The molecule has 1 aliphatic rings. The second kappa shape index (κ2) is 6.84. The molecule has 1 heterocycles. The SMILES string of the molecule is CC(Cc1ccc(F)cc1)NC(=O)C1CCCNC1C. The zero-order chi connectivity index (χ0) is 14.5. The monoisotopic (exact) mass is 278 g/mol. The minimum Gasteiger partial charge on any atom is -0.353 e. The van der Waals surface area contributed by atoms with Gasteiger partial charge in [-0.2, -0.15) is 0 Å².